The minimum absolute atomic E-state index is 0.0713. The second kappa shape index (κ2) is 5.61. The Labute approximate surface area is 108 Å². The predicted molar refractivity (Wildman–Crippen MR) is 62.9 cm³/mol. The highest BCUT2D eigenvalue weighted by Gasteiger charge is 2.31. The Balaban J connectivity index is 1.93. The van der Waals surface area contributed by atoms with Gasteiger partial charge in [0.25, 0.3) is 0 Å². The SMILES string of the molecule is O=C(Cc1ccc(OC(F)(F)F)cc1)C1CCCN1. The first-order valence-corrected chi connectivity index (χ1v) is 6.05. The van der Waals surface area contributed by atoms with Crippen LogP contribution in [0.3, 0.4) is 0 Å². The Morgan fingerprint density at radius 2 is 2.00 bits per heavy atom. The number of ketones is 1. The van der Waals surface area contributed by atoms with Crippen molar-refractivity contribution in [2.75, 3.05) is 6.54 Å². The van der Waals surface area contributed by atoms with Gasteiger partial charge in [-0.05, 0) is 37.1 Å². The number of halogens is 3. The van der Waals surface area contributed by atoms with Crippen LogP contribution in [0.15, 0.2) is 24.3 Å². The molecule has 1 N–H and O–H groups in total. The van der Waals surface area contributed by atoms with Crippen molar-refractivity contribution in [3.8, 4) is 5.75 Å². The monoisotopic (exact) mass is 273 g/mol. The normalized spacial score (nSPS) is 19.4. The number of hydrogen-bond donors (Lipinski definition) is 1. The van der Waals surface area contributed by atoms with E-state index < -0.39 is 6.36 Å². The van der Waals surface area contributed by atoms with E-state index in [0.29, 0.717) is 5.56 Å². The minimum atomic E-state index is -4.69. The molecule has 1 atom stereocenters. The van der Waals surface area contributed by atoms with Crippen LogP contribution in [0.5, 0.6) is 5.75 Å². The molecule has 0 aromatic heterocycles. The molecule has 19 heavy (non-hydrogen) atoms. The minimum Gasteiger partial charge on any atom is -0.406 e. The van der Waals surface area contributed by atoms with Crippen molar-refractivity contribution in [3.63, 3.8) is 0 Å². The zero-order valence-electron chi connectivity index (χ0n) is 10.2. The summed E-state index contributed by atoms with van der Waals surface area (Å²) in [5.74, 6) is -0.204. The van der Waals surface area contributed by atoms with Crippen molar-refractivity contribution in [3.05, 3.63) is 29.8 Å². The summed E-state index contributed by atoms with van der Waals surface area (Å²) in [4.78, 5) is 11.9. The van der Waals surface area contributed by atoms with Gasteiger partial charge >= 0.3 is 6.36 Å². The molecular formula is C13H14F3NO2. The van der Waals surface area contributed by atoms with Crippen LogP contribution in [0.1, 0.15) is 18.4 Å². The molecule has 1 heterocycles. The number of carbonyl (C=O) groups excluding carboxylic acids is 1. The number of alkyl halides is 3. The lowest BCUT2D eigenvalue weighted by molar-refractivity contribution is -0.274. The molecule has 3 nitrogen and oxygen atoms in total. The van der Waals surface area contributed by atoms with Crippen molar-refractivity contribution >= 4 is 5.78 Å². The molecule has 1 fully saturated rings. The van der Waals surface area contributed by atoms with Gasteiger partial charge in [0.1, 0.15) is 5.75 Å². The lowest BCUT2D eigenvalue weighted by atomic mass is 10.0. The average molecular weight is 273 g/mol. The molecule has 6 heteroatoms. The Morgan fingerprint density at radius 1 is 1.32 bits per heavy atom. The van der Waals surface area contributed by atoms with Crippen molar-refractivity contribution in [1.82, 2.24) is 5.32 Å². The van der Waals surface area contributed by atoms with Crippen molar-refractivity contribution < 1.29 is 22.7 Å². The number of benzene rings is 1. The van der Waals surface area contributed by atoms with Crippen molar-refractivity contribution in [1.29, 1.82) is 0 Å². The Morgan fingerprint density at radius 3 is 2.53 bits per heavy atom. The summed E-state index contributed by atoms with van der Waals surface area (Å²) in [6, 6.07) is 5.28. The number of ether oxygens (including phenoxy) is 1. The van der Waals surface area contributed by atoms with Crippen LogP contribution in [0.2, 0.25) is 0 Å². The topological polar surface area (TPSA) is 38.3 Å². The van der Waals surface area contributed by atoms with Crippen LogP contribution in [0, 0.1) is 0 Å². The lowest BCUT2D eigenvalue weighted by Crippen LogP contribution is -2.31. The smallest absolute Gasteiger partial charge is 0.406 e. The van der Waals surface area contributed by atoms with Crippen LogP contribution in [-0.4, -0.2) is 24.7 Å². The summed E-state index contributed by atoms with van der Waals surface area (Å²) < 4.78 is 39.7. The molecular weight excluding hydrogens is 259 g/mol. The zero-order chi connectivity index (χ0) is 13.9. The van der Waals surface area contributed by atoms with Gasteiger partial charge in [0, 0.05) is 6.42 Å². The third kappa shape index (κ3) is 4.24. The molecule has 1 unspecified atom stereocenters. The summed E-state index contributed by atoms with van der Waals surface area (Å²) >= 11 is 0. The molecule has 104 valence electrons. The third-order valence-electron chi connectivity index (χ3n) is 2.98. The highest BCUT2D eigenvalue weighted by molar-refractivity contribution is 5.86. The quantitative estimate of drug-likeness (QED) is 0.915. The van der Waals surface area contributed by atoms with E-state index in [4.69, 9.17) is 0 Å². The van der Waals surface area contributed by atoms with Crippen LogP contribution in [-0.2, 0) is 11.2 Å². The van der Waals surface area contributed by atoms with E-state index in [0.717, 1.165) is 19.4 Å². The van der Waals surface area contributed by atoms with Crippen LogP contribution in [0.25, 0.3) is 0 Å². The molecule has 2 rings (SSSR count). The second-order valence-corrected chi connectivity index (χ2v) is 4.48. The number of hydrogen-bond acceptors (Lipinski definition) is 3. The molecule has 0 spiro atoms. The Hall–Kier alpha value is -1.56. The van der Waals surface area contributed by atoms with E-state index in [1.807, 2.05) is 0 Å². The fourth-order valence-electron chi connectivity index (χ4n) is 2.09. The van der Waals surface area contributed by atoms with Gasteiger partial charge in [-0.2, -0.15) is 0 Å². The maximum absolute atomic E-state index is 12.0. The van der Waals surface area contributed by atoms with Crippen molar-refractivity contribution in [2.24, 2.45) is 0 Å². The average Bonchev–Trinajstić information content (AvgIpc) is 2.83. The third-order valence-corrected chi connectivity index (χ3v) is 2.98. The maximum Gasteiger partial charge on any atom is 0.573 e. The number of nitrogens with one attached hydrogen (secondary N) is 1. The summed E-state index contributed by atoms with van der Waals surface area (Å²) in [5, 5.41) is 3.10. The fraction of sp³-hybridized carbons (Fsp3) is 0.462. The van der Waals surface area contributed by atoms with Crippen LogP contribution in [0.4, 0.5) is 13.2 Å². The summed E-state index contributed by atoms with van der Waals surface area (Å²) in [5.41, 5.74) is 0.688. The highest BCUT2D eigenvalue weighted by Crippen LogP contribution is 2.23. The first-order chi connectivity index (χ1) is 8.94. The van der Waals surface area contributed by atoms with Gasteiger partial charge in [0.2, 0.25) is 0 Å². The Bertz CT molecular complexity index is 436. The van der Waals surface area contributed by atoms with Crippen molar-refractivity contribution in [2.45, 2.75) is 31.7 Å². The van der Waals surface area contributed by atoms with Gasteiger partial charge in [0.15, 0.2) is 5.78 Å². The molecule has 1 aromatic rings. The maximum atomic E-state index is 12.0. The first kappa shape index (κ1) is 13.9. The van der Waals surface area contributed by atoms with Crippen LogP contribution >= 0.6 is 0 Å². The number of rotatable bonds is 4. The predicted octanol–water partition coefficient (Wildman–Crippen LogP) is 2.45. The molecule has 1 aliphatic rings. The van der Waals surface area contributed by atoms with Gasteiger partial charge in [0.05, 0.1) is 6.04 Å². The number of Topliss-reactive ketones (excluding diaryl/α,β-unsaturated/α-hetero) is 1. The van der Waals surface area contributed by atoms with E-state index in [2.05, 4.69) is 10.1 Å². The molecule has 0 radical (unpaired) electrons. The summed E-state index contributed by atoms with van der Waals surface area (Å²) in [6.45, 7) is 0.842. The largest absolute Gasteiger partial charge is 0.573 e. The molecule has 0 bridgehead atoms. The van der Waals surface area contributed by atoms with E-state index in [9.17, 15) is 18.0 Å². The lowest BCUT2D eigenvalue weighted by Gasteiger charge is -2.10. The molecule has 0 saturated carbocycles. The fourth-order valence-corrected chi connectivity index (χ4v) is 2.09. The first-order valence-electron chi connectivity index (χ1n) is 6.05. The van der Waals surface area contributed by atoms with E-state index in [1.54, 1.807) is 0 Å². The highest BCUT2D eigenvalue weighted by atomic mass is 19.4. The molecule has 0 aliphatic carbocycles. The van der Waals surface area contributed by atoms with Gasteiger partial charge in [-0.3, -0.25) is 4.79 Å². The molecule has 1 aromatic carbocycles. The zero-order valence-corrected chi connectivity index (χ0v) is 10.2. The van der Waals surface area contributed by atoms with Gasteiger partial charge in [-0.25, -0.2) is 0 Å². The molecule has 0 amide bonds. The standard InChI is InChI=1S/C13H14F3NO2/c14-13(15,16)19-10-5-3-9(4-6-10)8-12(18)11-2-1-7-17-11/h3-6,11,17H,1-2,7-8H2. The Kier molecular flexibility index (Phi) is 4.09. The molecule has 1 saturated heterocycles. The van der Waals surface area contributed by atoms with E-state index in [-0.39, 0.29) is 24.0 Å². The second-order valence-electron chi connectivity index (χ2n) is 4.48. The summed E-state index contributed by atoms with van der Waals surface area (Å²) in [7, 11) is 0. The van der Waals surface area contributed by atoms with Gasteiger partial charge in [-0.1, -0.05) is 12.1 Å². The number of carbonyl (C=O) groups is 1. The van der Waals surface area contributed by atoms with Gasteiger partial charge < -0.3 is 10.1 Å². The van der Waals surface area contributed by atoms with E-state index >= 15 is 0 Å². The van der Waals surface area contributed by atoms with Crippen LogP contribution < -0.4 is 10.1 Å². The molecule has 1 aliphatic heterocycles. The summed E-state index contributed by atoms with van der Waals surface area (Å²) in [6.07, 6.45) is -2.65. The van der Waals surface area contributed by atoms with E-state index in [1.165, 1.54) is 24.3 Å². The van der Waals surface area contributed by atoms with Gasteiger partial charge in [-0.15, -0.1) is 13.2 Å².